The molecule has 1 aliphatic heterocycles. The number of fused-ring (bicyclic) bond motifs is 3. The Morgan fingerprint density at radius 1 is 1.00 bits per heavy atom. The van der Waals surface area contributed by atoms with Gasteiger partial charge in [0.1, 0.15) is 0 Å². The molecule has 2 aromatic carbocycles. The minimum atomic E-state index is -0.869. The van der Waals surface area contributed by atoms with Gasteiger partial charge >= 0.3 is 6.09 Å². The quantitative estimate of drug-likeness (QED) is 0.665. The Morgan fingerprint density at radius 2 is 1.70 bits per heavy atom. The zero-order valence-corrected chi connectivity index (χ0v) is 16.5. The zero-order chi connectivity index (χ0) is 19.0. The third-order valence-corrected chi connectivity index (χ3v) is 5.73. The fraction of sp³-hybridized carbons (Fsp3) is 0.350. The molecule has 1 fully saturated rings. The highest BCUT2D eigenvalue weighted by atomic mass is 79.9. The van der Waals surface area contributed by atoms with Crippen molar-refractivity contribution in [2.45, 2.75) is 12.6 Å². The second kappa shape index (κ2) is 7.50. The van der Waals surface area contributed by atoms with Gasteiger partial charge in [-0.3, -0.25) is 4.90 Å². The molecule has 0 spiro atoms. The molecule has 3 aromatic rings. The maximum atomic E-state index is 11.0. The summed E-state index contributed by atoms with van der Waals surface area (Å²) >= 11 is 3.55. The van der Waals surface area contributed by atoms with E-state index in [9.17, 15) is 9.90 Å². The highest BCUT2D eigenvalue weighted by Crippen LogP contribution is 2.31. The lowest BCUT2D eigenvalue weighted by atomic mass is 10.2. The smallest absolute Gasteiger partial charge is 0.407 e. The fourth-order valence-electron chi connectivity index (χ4n) is 3.91. The zero-order valence-electron chi connectivity index (χ0n) is 14.9. The van der Waals surface area contributed by atoms with E-state index in [2.05, 4.69) is 49.7 Å². The van der Waals surface area contributed by atoms with E-state index >= 15 is 0 Å². The Morgan fingerprint density at radius 3 is 2.44 bits per heavy atom. The van der Waals surface area contributed by atoms with Gasteiger partial charge in [0.05, 0.1) is 12.6 Å². The van der Waals surface area contributed by atoms with Crippen LogP contribution in [-0.4, -0.2) is 69.5 Å². The predicted octanol–water partition coefficient (Wildman–Crippen LogP) is 3.21. The number of para-hydroxylation sites is 1. The number of hydrogen-bond acceptors (Lipinski definition) is 3. The van der Waals surface area contributed by atoms with Crippen molar-refractivity contribution in [1.82, 2.24) is 14.4 Å². The molecule has 0 bridgehead atoms. The molecule has 27 heavy (non-hydrogen) atoms. The molecule has 0 aliphatic carbocycles. The van der Waals surface area contributed by atoms with Crippen molar-refractivity contribution in [3.63, 3.8) is 0 Å². The maximum Gasteiger partial charge on any atom is 0.407 e. The molecule has 2 N–H and O–H groups in total. The van der Waals surface area contributed by atoms with Gasteiger partial charge in [0.2, 0.25) is 0 Å². The number of nitrogens with zero attached hydrogens (tertiary/aromatic N) is 3. The number of hydrogen-bond donors (Lipinski definition) is 2. The first kappa shape index (κ1) is 18.3. The number of halogens is 1. The number of β-amino-alcohol motifs (C(OH)–C–C–N with tert-alkyl or cyclic N) is 1. The largest absolute Gasteiger partial charge is 0.465 e. The van der Waals surface area contributed by atoms with E-state index in [4.69, 9.17) is 5.11 Å². The summed E-state index contributed by atoms with van der Waals surface area (Å²) in [7, 11) is 0. The summed E-state index contributed by atoms with van der Waals surface area (Å²) in [6.07, 6.45) is -1.39. The fourth-order valence-corrected chi connectivity index (χ4v) is 4.27. The number of aromatic nitrogens is 1. The molecule has 1 aliphatic rings. The Balaban J connectivity index is 1.53. The molecule has 1 saturated heterocycles. The molecule has 1 atom stereocenters. The first-order valence-electron chi connectivity index (χ1n) is 9.07. The van der Waals surface area contributed by atoms with E-state index in [1.807, 2.05) is 18.2 Å². The number of piperazine rings is 1. The Hall–Kier alpha value is -2.09. The van der Waals surface area contributed by atoms with Crippen LogP contribution in [0.2, 0.25) is 0 Å². The Kier molecular flexibility index (Phi) is 5.08. The minimum Gasteiger partial charge on any atom is -0.465 e. The lowest BCUT2D eigenvalue weighted by molar-refractivity contribution is 0.0639. The van der Waals surface area contributed by atoms with Crippen molar-refractivity contribution in [2.24, 2.45) is 0 Å². The van der Waals surface area contributed by atoms with Gasteiger partial charge in [-0.05, 0) is 24.3 Å². The summed E-state index contributed by atoms with van der Waals surface area (Å²) < 4.78 is 3.21. The molecule has 6 nitrogen and oxygen atoms in total. The van der Waals surface area contributed by atoms with E-state index in [1.54, 1.807) is 0 Å². The number of aliphatic hydroxyl groups is 1. The van der Waals surface area contributed by atoms with Crippen LogP contribution in [-0.2, 0) is 6.54 Å². The van der Waals surface area contributed by atoms with E-state index < -0.39 is 12.2 Å². The van der Waals surface area contributed by atoms with Crippen LogP contribution in [0.25, 0.3) is 21.8 Å². The highest BCUT2D eigenvalue weighted by Gasteiger charge is 2.22. The monoisotopic (exact) mass is 431 g/mol. The molecule has 0 unspecified atom stereocenters. The summed E-state index contributed by atoms with van der Waals surface area (Å²) in [5, 5.41) is 22.1. The van der Waals surface area contributed by atoms with Crippen molar-refractivity contribution in [3.05, 3.63) is 46.9 Å². The average Bonchev–Trinajstić information content (AvgIpc) is 2.95. The Labute approximate surface area is 165 Å². The van der Waals surface area contributed by atoms with Gasteiger partial charge in [-0.25, -0.2) is 4.79 Å². The maximum absolute atomic E-state index is 11.0. The molecule has 4 rings (SSSR count). The molecule has 0 radical (unpaired) electrons. The molecule has 2 heterocycles. The lowest BCUT2D eigenvalue weighted by Gasteiger charge is -2.34. The second-order valence-electron chi connectivity index (χ2n) is 7.01. The van der Waals surface area contributed by atoms with E-state index in [-0.39, 0.29) is 0 Å². The van der Waals surface area contributed by atoms with Crippen LogP contribution in [0, 0.1) is 0 Å². The van der Waals surface area contributed by atoms with Crippen LogP contribution < -0.4 is 0 Å². The van der Waals surface area contributed by atoms with Crippen molar-refractivity contribution >= 4 is 43.8 Å². The van der Waals surface area contributed by atoms with Crippen LogP contribution in [0.4, 0.5) is 4.79 Å². The predicted molar refractivity (Wildman–Crippen MR) is 109 cm³/mol. The third kappa shape index (κ3) is 3.67. The number of aliphatic hydroxyl groups excluding tert-OH is 1. The molecular formula is C20H22BrN3O3. The number of benzene rings is 2. The number of amides is 1. The van der Waals surface area contributed by atoms with Crippen LogP contribution >= 0.6 is 15.9 Å². The number of carboxylic acid groups (broad SMARTS) is 1. The lowest BCUT2D eigenvalue weighted by Crippen LogP contribution is -2.50. The first-order valence-corrected chi connectivity index (χ1v) is 9.87. The van der Waals surface area contributed by atoms with Crippen LogP contribution in [0.1, 0.15) is 0 Å². The number of rotatable bonds is 4. The normalized spacial score (nSPS) is 16.9. The number of carbonyl (C=O) groups is 1. The summed E-state index contributed by atoms with van der Waals surface area (Å²) in [5.74, 6) is 0. The van der Waals surface area contributed by atoms with E-state index in [1.165, 1.54) is 15.7 Å². The first-order chi connectivity index (χ1) is 13.0. The highest BCUT2D eigenvalue weighted by molar-refractivity contribution is 9.10. The third-order valence-electron chi connectivity index (χ3n) is 5.24. The summed E-state index contributed by atoms with van der Waals surface area (Å²) in [6.45, 7) is 3.34. The second-order valence-corrected chi connectivity index (χ2v) is 7.93. The van der Waals surface area contributed by atoms with Crippen LogP contribution in [0.3, 0.4) is 0 Å². The van der Waals surface area contributed by atoms with Gasteiger partial charge in [-0.1, -0.05) is 34.1 Å². The van der Waals surface area contributed by atoms with Gasteiger partial charge in [0, 0.05) is 59.0 Å². The van der Waals surface area contributed by atoms with E-state index in [0.29, 0.717) is 39.3 Å². The van der Waals surface area contributed by atoms with Crippen molar-refractivity contribution in [1.29, 1.82) is 0 Å². The van der Waals surface area contributed by atoms with Gasteiger partial charge < -0.3 is 19.7 Å². The van der Waals surface area contributed by atoms with Crippen molar-refractivity contribution in [2.75, 3.05) is 32.7 Å². The summed E-state index contributed by atoms with van der Waals surface area (Å²) in [4.78, 5) is 14.6. The van der Waals surface area contributed by atoms with Gasteiger partial charge in [0.15, 0.2) is 0 Å². The van der Waals surface area contributed by atoms with Crippen molar-refractivity contribution in [3.8, 4) is 0 Å². The minimum absolute atomic E-state index is 0.492. The van der Waals surface area contributed by atoms with Gasteiger partial charge in [0.25, 0.3) is 0 Å². The molecule has 1 amide bonds. The summed E-state index contributed by atoms with van der Waals surface area (Å²) in [6, 6.07) is 14.5. The van der Waals surface area contributed by atoms with Crippen LogP contribution in [0.5, 0.6) is 0 Å². The van der Waals surface area contributed by atoms with Crippen molar-refractivity contribution < 1.29 is 15.0 Å². The van der Waals surface area contributed by atoms with Gasteiger partial charge in [-0.15, -0.1) is 0 Å². The molecule has 7 heteroatoms. The average molecular weight is 432 g/mol. The Bertz CT molecular complexity index is 979. The molecule has 1 aromatic heterocycles. The standard InChI is InChI=1S/C20H22BrN3O3/c21-14-5-6-19-17(11-14)16-3-1-2-4-18(16)24(19)13-15(25)12-22-7-9-23(10-8-22)20(26)27/h1-6,11,15,25H,7-10,12-13H2,(H,26,27)/t15-/m1/s1. The SMILES string of the molecule is O=C(O)N1CCN(C[C@@H](O)Cn2c3ccccc3c3cc(Br)ccc32)CC1. The van der Waals surface area contributed by atoms with Crippen LogP contribution in [0.15, 0.2) is 46.9 Å². The van der Waals surface area contributed by atoms with Gasteiger partial charge in [-0.2, -0.15) is 0 Å². The summed E-state index contributed by atoms with van der Waals surface area (Å²) in [5.41, 5.74) is 2.22. The topological polar surface area (TPSA) is 68.9 Å². The molecule has 0 saturated carbocycles. The van der Waals surface area contributed by atoms with E-state index in [0.717, 1.165) is 15.5 Å². The molecular weight excluding hydrogens is 410 g/mol. The molecule has 142 valence electrons.